The Morgan fingerprint density at radius 3 is 2.58 bits per heavy atom. The summed E-state index contributed by atoms with van der Waals surface area (Å²) in [7, 11) is 0. The van der Waals surface area contributed by atoms with Crippen LogP contribution in [-0.2, 0) is 9.59 Å². The third-order valence-electron chi connectivity index (χ3n) is 4.61. The maximum Gasteiger partial charge on any atom is 0.325 e. The van der Waals surface area contributed by atoms with Crippen LogP contribution in [0.5, 0.6) is 0 Å². The molecule has 4 amide bonds. The van der Waals surface area contributed by atoms with Crippen LogP contribution in [0, 0.1) is 5.82 Å². The summed E-state index contributed by atoms with van der Waals surface area (Å²) >= 11 is 0. The average Bonchev–Trinajstić information content (AvgIpc) is 2.71. The van der Waals surface area contributed by atoms with Crippen LogP contribution >= 0.6 is 0 Å². The van der Waals surface area contributed by atoms with Gasteiger partial charge in [0, 0.05) is 5.69 Å². The molecule has 3 rings (SSSR count). The first-order valence-electron chi connectivity index (χ1n) is 8.20. The van der Waals surface area contributed by atoms with Gasteiger partial charge in [0.05, 0.1) is 0 Å². The van der Waals surface area contributed by atoms with Gasteiger partial charge < -0.3 is 10.6 Å². The summed E-state index contributed by atoms with van der Waals surface area (Å²) in [6.07, 6.45) is 5.08. The molecule has 1 saturated carbocycles. The topological polar surface area (TPSA) is 78.5 Å². The first kappa shape index (κ1) is 16.4. The van der Waals surface area contributed by atoms with Crippen LogP contribution in [0.3, 0.4) is 0 Å². The van der Waals surface area contributed by atoms with Gasteiger partial charge in [-0.2, -0.15) is 0 Å². The van der Waals surface area contributed by atoms with E-state index < -0.39 is 23.3 Å². The molecule has 1 aliphatic carbocycles. The Balaban J connectivity index is 1.67. The molecular weight excluding hydrogens is 313 g/mol. The van der Waals surface area contributed by atoms with Crippen molar-refractivity contribution in [3.05, 3.63) is 30.1 Å². The minimum absolute atomic E-state index is 0.288. The van der Waals surface area contributed by atoms with Gasteiger partial charge in [-0.3, -0.25) is 14.5 Å². The van der Waals surface area contributed by atoms with E-state index in [1.165, 1.54) is 18.2 Å². The molecule has 2 aliphatic rings. The summed E-state index contributed by atoms with van der Waals surface area (Å²) in [6, 6.07) is 4.93. The van der Waals surface area contributed by atoms with Gasteiger partial charge in [0.2, 0.25) is 5.91 Å². The predicted molar refractivity (Wildman–Crippen MR) is 85.7 cm³/mol. The van der Waals surface area contributed by atoms with E-state index in [4.69, 9.17) is 0 Å². The fourth-order valence-electron chi connectivity index (χ4n) is 3.40. The second kappa shape index (κ2) is 6.59. The normalized spacial score (nSPS) is 20.0. The molecule has 0 aromatic heterocycles. The van der Waals surface area contributed by atoms with Crippen molar-refractivity contribution in [2.45, 2.75) is 44.1 Å². The van der Waals surface area contributed by atoms with Crippen molar-refractivity contribution in [1.29, 1.82) is 0 Å². The van der Waals surface area contributed by atoms with Gasteiger partial charge in [0.25, 0.3) is 5.91 Å². The highest BCUT2D eigenvalue weighted by molar-refractivity contribution is 6.10. The van der Waals surface area contributed by atoms with E-state index in [1.54, 1.807) is 6.07 Å². The van der Waals surface area contributed by atoms with Crippen molar-refractivity contribution in [2.75, 3.05) is 11.9 Å². The second-order valence-corrected chi connectivity index (χ2v) is 6.38. The summed E-state index contributed by atoms with van der Waals surface area (Å²) in [6.45, 7) is -0.372. The zero-order valence-corrected chi connectivity index (χ0v) is 13.3. The maximum atomic E-state index is 13.1. The Morgan fingerprint density at radius 1 is 1.21 bits per heavy atom. The van der Waals surface area contributed by atoms with Gasteiger partial charge in [0.15, 0.2) is 0 Å². The lowest BCUT2D eigenvalue weighted by atomic mass is 9.90. The van der Waals surface area contributed by atoms with Crippen LogP contribution in [-0.4, -0.2) is 34.8 Å². The SMILES string of the molecule is O=C(CN1C(=O)NC2(CCCCCC2)C1=O)Nc1cccc(F)c1. The van der Waals surface area contributed by atoms with Gasteiger partial charge in [-0.1, -0.05) is 31.7 Å². The number of anilines is 1. The van der Waals surface area contributed by atoms with Gasteiger partial charge in [-0.05, 0) is 31.0 Å². The molecule has 0 unspecified atom stereocenters. The molecule has 6 nitrogen and oxygen atoms in total. The van der Waals surface area contributed by atoms with Crippen LogP contribution < -0.4 is 10.6 Å². The van der Waals surface area contributed by atoms with E-state index in [9.17, 15) is 18.8 Å². The van der Waals surface area contributed by atoms with Crippen LogP contribution in [0.15, 0.2) is 24.3 Å². The Hall–Kier alpha value is -2.44. The third kappa shape index (κ3) is 3.25. The summed E-state index contributed by atoms with van der Waals surface area (Å²) in [5, 5.41) is 5.29. The molecule has 2 N–H and O–H groups in total. The minimum Gasteiger partial charge on any atom is -0.324 e. The van der Waals surface area contributed by atoms with Crippen molar-refractivity contribution < 1.29 is 18.8 Å². The number of rotatable bonds is 3. The number of imide groups is 1. The van der Waals surface area contributed by atoms with Crippen LogP contribution in [0.4, 0.5) is 14.9 Å². The number of hydrogen-bond acceptors (Lipinski definition) is 3. The highest BCUT2D eigenvalue weighted by Crippen LogP contribution is 2.32. The number of halogens is 1. The number of urea groups is 1. The number of nitrogens with zero attached hydrogens (tertiary/aromatic N) is 1. The highest BCUT2D eigenvalue weighted by atomic mass is 19.1. The average molecular weight is 333 g/mol. The molecule has 7 heteroatoms. The fourth-order valence-corrected chi connectivity index (χ4v) is 3.40. The van der Waals surface area contributed by atoms with Crippen molar-refractivity contribution in [3.8, 4) is 0 Å². The van der Waals surface area contributed by atoms with Crippen molar-refractivity contribution in [3.63, 3.8) is 0 Å². The predicted octanol–water partition coefficient (Wildman–Crippen LogP) is 2.41. The minimum atomic E-state index is -0.854. The molecule has 1 saturated heterocycles. The van der Waals surface area contributed by atoms with Gasteiger partial charge in [-0.15, -0.1) is 0 Å². The third-order valence-corrected chi connectivity index (χ3v) is 4.61. The molecule has 1 aromatic rings. The first-order chi connectivity index (χ1) is 11.5. The van der Waals surface area contributed by atoms with Gasteiger partial charge >= 0.3 is 6.03 Å². The molecule has 1 aromatic carbocycles. The van der Waals surface area contributed by atoms with E-state index >= 15 is 0 Å². The molecule has 2 fully saturated rings. The zero-order chi connectivity index (χ0) is 17.2. The number of carbonyl (C=O) groups is 3. The molecule has 0 radical (unpaired) electrons. The van der Waals surface area contributed by atoms with E-state index in [-0.39, 0.29) is 18.1 Å². The van der Waals surface area contributed by atoms with Crippen LogP contribution in [0.2, 0.25) is 0 Å². The van der Waals surface area contributed by atoms with Crippen molar-refractivity contribution in [2.24, 2.45) is 0 Å². The summed E-state index contributed by atoms with van der Waals surface area (Å²) in [4.78, 5) is 37.9. The highest BCUT2D eigenvalue weighted by Gasteiger charge is 2.51. The van der Waals surface area contributed by atoms with E-state index in [0.29, 0.717) is 12.8 Å². The Morgan fingerprint density at radius 2 is 1.92 bits per heavy atom. The second-order valence-electron chi connectivity index (χ2n) is 6.38. The number of amides is 4. The van der Waals surface area contributed by atoms with E-state index in [1.807, 2.05) is 0 Å². The Labute approximate surface area is 139 Å². The number of benzene rings is 1. The fraction of sp³-hybridized carbons (Fsp3) is 0.471. The molecular formula is C17H20FN3O3. The Bertz CT molecular complexity index is 669. The molecule has 0 bridgehead atoms. The van der Waals surface area contributed by atoms with Gasteiger partial charge in [0.1, 0.15) is 17.9 Å². The van der Waals surface area contributed by atoms with Crippen LogP contribution in [0.1, 0.15) is 38.5 Å². The maximum absolute atomic E-state index is 13.1. The molecule has 1 heterocycles. The van der Waals surface area contributed by atoms with Crippen molar-refractivity contribution in [1.82, 2.24) is 10.2 Å². The molecule has 24 heavy (non-hydrogen) atoms. The molecule has 1 spiro atoms. The molecule has 1 aliphatic heterocycles. The largest absolute Gasteiger partial charge is 0.325 e. The first-order valence-corrected chi connectivity index (χ1v) is 8.20. The smallest absolute Gasteiger partial charge is 0.324 e. The monoisotopic (exact) mass is 333 g/mol. The van der Waals surface area contributed by atoms with E-state index in [0.717, 1.165) is 30.6 Å². The quantitative estimate of drug-likeness (QED) is 0.834. The summed E-state index contributed by atoms with van der Waals surface area (Å²) in [5.74, 6) is -1.33. The van der Waals surface area contributed by atoms with Gasteiger partial charge in [-0.25, -0.2) is 9.18 Å². The van der Waals surface area contributed by atoms with E-state index in [2.05, 4.69) is 10.6 Å². The number of nitrogens with one attached hydrogen (secondary N) is 2. The molecule has 128 valence electrons. The zero-order valence-electron chi connectivity index (χ0n) is 13.3. The standard InChI is InChI=1S/C17H20FN3O3/c18-12-6-5-7-13(10-12)19-14(22)11-21-15(23)17(20-16(21)24)8-3-1-2-4-9-17/h5-7,10H,1-4,8-9,11H2,(H,19,22)(H,20,24). The lowest BCUT2D eigenvalue weighted by molar-refractivity contribution is -0.134. The lowest BCUT2D eigenvalue weighted by Crippen LogP contribution is -2.47. The lowest BCUT2D eigenvalue weighted by Gasteiger charge is -2.24. The number of carbonyl (C=O) groups excluding carboxylic acids is 3. The molecule has 0 atom stereocenters. The summed E-state index contributed by atoms with van der Waals surface area (Å²) < 4.78 is 13.1. The Kier molecular flexibility index (Phi) is 4.51. The summed E-state index contributed by atoms with van der Waals surface area (Å²) in [5.41, 5.74) is -0.566. The number of hydrogen-bond donors (Lipinski definition) is 2. The van der Waals surface area contributed by atoms with Crippen LogP contribution in [0.25, 0.3) is 0 Å². The van der Waals surface area contributed by atoms with Crippen molar-refractivity contribution >= 4 is 23.5 Å².